The Hall–Kier alpha value is -1.90. The lowest BCUT2D eigenvalue weighted by Crippen LogP contribution is -2.33. The molecule has 0 aromatic heterocycles. The number of carbonyl (C=O) groups is 2. The summed E-state index contributed by atoms with van der Waals surface area (Å²) in [4.78, 5) is 25.4. The van der Waals surface area contributed by atoms with Crippen LogP contribution in [-0.2, 0) is 16.0 Å². The quantitative estimate of drug-likeness (QED) is 0.791. The summed E-state index contributed by atoms with van der Waals surface area (Å²) in [6.45, 7) is 4.29. The van der Waals surface area contributed by atoms with Gasteiger partial charge in [0.15, 0.2) is 0 Å². The second kappa shape index (κ2) is 4.89. The number of aryl methyl sites for hydroxylation is 1. The topological polar surface area (TPSA) is 37.4 Å². The molecule has 2 aliphatic rings. The highest BCUT2D eigenvalue weighted by Gasteiger charge is 2.40. The third-order valence-electron chi connectivity index (χ3n) is 4.54. The second-order valence-electron chi connectivity index (χ2n) is 5.51. The monoisotopic (exact) mass is 269 g/mol. The number of rotatable bonds is 3. The SMILES string of the molecule is CCc1cccc2c1[C@@H](N1C(=O)C=CC1=O)C[C@@H]2CC. The summed E-state index contributed by atoms with van der Waals surface area (Å²) < 4.78 is 0. The second-order valence-corrected chi connectivity index (χ2v) is 5.51. The predicted molar refractivity (Wildman–Crippen MR) is 77.2 cm³/mol. The maximum absolute atomic E-state index is 12.0. The first-order valence-electron chi connectivity index (χ1n) is 7.34. The van der Waals surface area contributed by atoms with Crippen molar-refractivity contribution < 1.29 is 9.59 Å². The van der Waals surface area contributed by atoms with Gasteiger partial charge in [0.05, 0.1) is 6.04 Å². The van der Waals surface area contributed by atoms with E-state index in [1.165, 1.54) is 33.7 Å². The number of hydrogen-bond acceptors (Lipinski definition) is 2. The van der Waals surface area contributed by atoms with Crippen LogP contribution in [0.25, 0.3) is 0 Å². The lowest BCUT2D eigenvalue weighted by molar-refractivity contribution is -0.139. The molecule has 1 aliphatic carbocycles. The van der Waals surface area contributed by atoms with Crippen molar-refractivity contribution >= 4 is 11.8 Å². The van der Waals surface area contributed by atoms with E-state index in [9.17, 15) is 9.59 Å². The van der Waals surface area contributed by atoms with E-state index in [0.29, 0.717) is 5.92 Å². The van der Waals surface area contributed by atoms with Crippen LogP contribution in [0, 0.1) is 0 Å². The van der Waals surface area contributed by atoms with Gasteiger partial charge in [-0.25, -0.2) is 0 Å². The molecule has 104 valence electrons. The zero-order valence-corrected chi connectivity index (χ0v) is 11.9. The Bertz CT molecular complexity index is 585. The van der Waals surface area contributed by atoms with E-state index in [2.05, 4.69) is 32.0 Å². The number of fused-ring (bicyclic) bond motifs is 1. The Morgan fingerprint density at radius 1 is 1.15 bits per heavy atom. The van der Waals surface area contributed by atoms with Crippen LogP contribution in [0.3, 0.4) is 0 Å². The third-order valence-corrected chi connectivity index (χ3v) is 4.54. The van der Waals surface area contributed by atoms with Gasteiger partial charge in [0.1, 0.15) is 0 Å². The zero-order chi connectivity index (χ0) is 14.3. The van der Waals surface area contributed by atoms with Crippen LogP contribution in [0.4, 0.5) is 0 Å². The largest absolute Gasteiger partial charge is 0.269 e. The molecule has 2 amide bonds. The van der Waals surface area contributed by atoms with Crippen molar-refractivity contribution in [3.05, 3.63) is 47.0 Å². The van der Waals surface area contributed by atoms with Crippen LogP contribution in [0.2, 0.25) is 0 Å². The van der Waals surface area contributed by atoms with Gasteiger partial charge in [0, 0.05) is 12.2 Å². The van der Waals surface area contributed by atoms with Crippen molar-refractivity contribution in [3.63, 3.8) is 0 Å². The molecule has 0 radical (unpaired) electrons. The zero-order valence-electron chi connectivity index (χ0n) is 11.9. The first-order chi connectivity index (χ1) is 9.67. The standard InChI is InChI=1S/C17H19NO2/c1-3-11-6-5-7-13-12(4-2)10-14(17(11)13)18-15(19)8-9-16(18)20/h5-9,12,14H,3-4,10H2,1-2H3/t12-,14-/m0/s1. The molecule has 1 aromatic carbocycles. The molecular formula is C17H19NO2. The Labute approximate surface area is 119 Å². The first-order valence-corrected chi connectivity index (χ1v) is 7.34. The minimum atomic E-state index is -0.173. The van der Waals surface area contributed by atoms with Crippen molar-refractivity contribution in [2.75, 3.05) is 0 Å². The highest BCUT2D eigenvalue weighted by atomic mass is 16.2. The molecule has 3 nitrogen and oxygen atoms in total. The van der Waals surface area contributed by atoms with E-state index in [0.717, 1.165) is 19.3 Å². The average Bonchev–Trinajstić information content (AvgIpc) is 2.99. The van der Waals surface area contributed by atoms with Gasteiger partial charge in [0.25, 0.3) is 11.8 Å². The van der Waals surface area contributed by atoms with Gasteiger partial charge in [-0.15, -0.1) is 0 Å². The van der Waals surface area contributed by atoms with Gasteiger partial charge in [0.2, 0.25) is 0 Å². The van der Waals surface area contributed by atoms with E-state index in [1.807, 2.05) is 0 Å². The van der Waals surface area contributed by atoms with Crippen molar-refractivity contribution in [3.8, 4) is 0 Å². The van der Waals surface area contributed by atoms with E-state index >= 15 is 0 Å². The maximum Gasteiger partial charge on any atom is 0.254 e. The summed E-state index contributed by atoms with van der Waals surface area (Å²) in [7, 11) is 0. The lowest BCUT2D eigenvalue weighted by Gasteiger charge is -2.24. The van der Waals surface area contributed by atoms with Crippen LogP contribution in [-0.4, -0.2) is 16.7 Å². The Morgan fingerprint density at radius 3 is 2.45 bits per heavy atom. The summed E-state index contributed by atoms with van der Waals surface area (Å²) in [6.07, 6.45) is 5.60. The van der Waals surface area contributed by atoms with Gasteiger partial charge in [-0.3, -0.25) is 14.5 Å². The summed E-state index contributed by atoms with van der Waals surface area (Å²) >= 11 is 0. The summed E-state index contributed by atoms with van der Waals surface area (Å²) in [5, 5.41) is 0. The third kappa shape index (κ3) is 1.80. The van der Waals surface area contributed by atoms with E-state index < -0.39 is 0 Å². The molecule has 0 spiro atoms. The van der Waals surface area contributed by atoms with Crippen LogP contribution < -0.4 is 0 Å². The first kappa shape index (κ1) is 13.1. The van der Waals surface area contributed by atoms with Gasteiger partial charge in [-0.05, 0) is 41.9 Å². The molecule has 0 bridgehead atoms. The fourth-order valence-electron chi connectivity index (χ4n) is 3.56. The van der Waals surface area contributed by atoms with Gasteiger partial charge in [-0.1, -0.05) is 32.0 Å². The Morgan fingerprint density at radius 2 is 1.85 bits per heavy atom. The van der Waals surface area contributed by atoms with Crippen LogP contribution in [0.15, 0.2) is 30.4 Å². The minimum Gasteiger partial charge on any atom is -0.269 e. The highest BCUT2D eigenvalue weighted by molar-refractivity contribution is 6.13. The molecule has 0 fully saturated rings. The number of hydrogen-bond donors (Lipinski definition) is 0. The molecule has 0 saturated carbocycles. The number of carbonyl (C=O) groups excluding carboxylic acids is 2. The van der Waals surface area contributed by atoms with Crippen molar-refractivity contribution in [2.45, 2.75) is 45.1 Å². The average molecular weight is 269 g/mol. The van der Waals surface area contributed by atoms with Crippen LogP contribution in [0.1, 0.15) is 55.3 Å². The molecule has 0 unspecified atom stereocenters. The Balaban J connectivity index is 2.08. The minimum absolute atomic E-state index is 0.0823. The van der Waals surface area contributed by atoms with Crippen molar-refractivity contribution in [1.82, 2.24) is 4.90 Å². The number of imide groups is 1. The molecule has 0 N–H and O–H groups in total. The van der Waals surface area contributed by atoms with Crippen molar-refractivity contribution in [1.29, 1.82) is 0 Å². The van der Waals surface area contributed by atoms with Crippen LogP contribution >= 0.6 is 0 Å². The lowest BCUT2D eigenvalue weighted by atomic mass is 9.95. The molecular weight excluding hydrogens is 250 g/mol. The van der Waals surface area contributed by atoms with Gasteiger partial charge >= 0.3 is 0 Å². The maximum atomic E-state index is 12.0. The molecule has 3 rings (SSSR count). The fourth-order valence-corrected chi connectivity index (χ4v) is 3.56. The smallest absolute Gasteiger partial charge is 0.254 e. The molecule has 1 heterocycles. The fraction of sp³-hybridized carbons (Fsp3) is 0.412. The van der Waals surface area contributed by atoms with E-state index in [4.69, 9.17) is 0 Å². The molecule has 3 heteroatoms. The van der Waals surface area contributed by atoms with Crippen LogP contribution in [0.5, 0.6) is 0 Å². The van der Waals surface area contributed by atoms with Crippen molar-refractivity contribution in [2.24, 2.45) is 0 Å². The Kier molecular flexibility index (Phi) is 3.20. The number of amides is 2. The summed E-state index contributed by atoms with van der Waals surface area (Å²) in [5.41, 5.74) is 3.80. The highest BCUT2D eigenvalue weighted by Crippen LogP contribution is 2.47. The summed E-state index contributed by atoms with van der Waals surface area (Å²) in [6, 6.07) is 6.28. The molecule has 0 saturated heterocycles. The summed E-state index contributed by atoms with van der Waals surface area (Å²) in [5.74, 6) is 0.102. The molecule has 1 aliphatic heterocycles. The van der Waals surface area contributed by atoms with Gasteiger partial charge < -0.3 is 0 Å². The molecule has 2 atom stereocenters. The van der Waals surface area contributed by atoms with E-state index in [1.54, 1.807) is 0 Å². The molecule has 20 heavy (non-hydrogen) atoms. The normalized spacial score (nSPS) is 24.6. The molecule has 1 aromatic rings. The number of benzene rings is 1. The van der Waals surface area contributed by atoms with Gasteiger partial charge in [-0.2, -0.15) is 0 Å². The van der Waals surface area contributed by atoms with E-state index in [-0.39, 0.29) is 17.9 Å². The predicted octanol–water partition coefficient (Wildman–Crippen LogP) is 3.11. The number of nitrogens with zero attached hydrogens (tertiary/aromatic N) is 1.